The second-order valence-corrected chi connectivity index (χ2v) is 6.24. The summed E-state index contributed by atoms with van der Waals surface area (Å²) >= 11 is 0. The highest BCUT2D eigenvalue weighted by atomic mass is 16.5. The summed E-state index contributed by atoms with van der Waals surface area (Å²) in [6.07, 6.45) is 9.31. The van der Waals surface area contributed by atoms with Crippen LogP contribution in [0.15, 0.2) is 18.5 Å². The zero-order valence-electron chi connectivity index (χ0n) is 11.9. The first-order chi connectivity index (χ1) is 9.22. The number of aromatic nitrogens is 1. The Kier molecular flexibility index (Phi) is 3.74. The summed E-state index contributed by atoms with van der Waals surface area (Å²) < 4.78 is 5.77. The summed E-state index contributed by atoms with van der Waals surface area (Å²) in [6.45, 7) is 5.30. The van der Waals surface area contributed by atoms with Crippen molar-refractivity contribution in [2.24, 2.45) is 5.92 Å². The molecule has 0 spiro atoms. The van der Waals surface area contributed by atoms with Crippen LogP contribution in [0.5, 0.6) is 5.75 Å². The molecule has 1 saturated heterocycles. The van der Waals surface area contributed by atoms with E-state index in [1.165, 1.54) is 37.8 Å². The van der Waals surface area contributed by atoms with E-state index in [4.69, 9.17) is 4.74 Å². The minimum absolute atomic E-state index is 0.215. The average Bonchev–Trinajstić information content (AvgIpc) is 2.39. The topological polar surface area (TPSA) is 34.1 Å². The van der Waals surface area contributed by atoms with Crippen LogP contribution in [0.25, 0.3) is 0 Å². The number of rotatable bonds is 3. The van der Waals surface area contributed by atoms with Gasteiger partial charge in [-0.2, -0.15) is 0 Å². The van der Waals surface area contributed by atoms with Crippen LogP contribution < -0.4 is 10.1 Å². The molecule has 3 unspecified atom stereocenters. The minimum atomic E-state index is 0.215. The van der Waals surface area contributed by atoms with Crippen LogP contribution >= 0.6 is 0 Å². The van der Waals surface area contributed by atoms with Gasteiger partial charge in [-0.25, -0.2) is 0 Å². The van der Waals surface area contributed by atoms with Gasteiger partial charge >= 0.3 is 0 Å². The number of fused-ring (bicyclic) bond motifs is 2. The molecule has 0 aromatic carbocycles. The summed E-state index contributed by atoms with van der Waals surface area (Å²) in [5.74, 6) is 2.43. The summed E-state index contributed by atoms with van der Waals surface area (Å²) in [7, 11) is 0. The molecule has 1 aromatic heterocycles. The SMILES string of the molecule is CC(C)Oc1cncc(C2CCC3CC2CCN3)c1. The highest BCUT2D eigenvalue weighted by Gasteiger charge is 2.34. The van der Waals surface area contributed by atoms with Gasteiger partial charge in [0.05, 0.1) is 12.3 Å². The van der Waals surface area contributed by atoms with Crippen molar-refractivity contribution in [3.63, 3.8) is 0 Å². The molecule has 0 amide bonds. The number of ether oxygens (including phenoxy) is 1. The zero-order valence-corrected chi connectivity index (χ0v) is 11.9. The van der Waals surface area contributed by atoms with E-state index in [0.717, 1.165) is 17.7 Å². The van der Waals surface area contributed by atoms with Gasteiger partial charge in [0.25, 0.3) is 0 Å². The van der Waals surface area contributed by atoms with E-state index in [9.17, 15) is 0 Å². The van der Waals surface area contributed by atoms with Gasteiger partial charge in [0.1, 0.15) is 5.75 Å². The molecule has 1 aliphatic carbocycles. The number of nitrogens with zero attached hydrogens (tertiary/aromatic N) is 1. The van der Waals surface area contributed by atoms with Crippen LogP contribution in [-0.2, 0) is 0 Å². The third-order valence-electron chi connectivity index (χ3n) is 4.46. The van der Waals surface area contributed by atoms with Gasteiger partial charge in [-0.1, -0.05) is 0 Å². The number of hydrogen-bond acceptors (Lipinski definition) is 3. The molecule has 104 valence electrons. The Labute approximate surface area is 115 Å². The van der Waals surface area contributed by atoms with Crippen molar-refractivity contribution in [2.75, 3.05) is 6.54 Å². The number of pyridine rings is 1. The molecule has 2 fully saturated rings. The maximum atomic E-state index is 5.77. The highest BCUT2D eigenvalue weighted by molar-refractivity contribution is 5.27. The first kappa shape index (κ1) is 12.9. The molecule has 1 aromatic rings. The van der Waals surface area contributed by atoms with Gasteiger partial charge in [0.2, 0.25) is 0 Å². The van der Waals surface area contributed by atoms with E-state index in [1.807, 2.05) is 12.4 Å². The quantitative estimate of drug-likeness (QED) is 0.906. The van der Waals surface area contributed by atoms with Crippen LogP contribution in [0.2, 0.25) is 0 Å². The van der Waals surface area contributed by atoms with E-state index in [-0.39, 0.29) is 6.10 Å². The summed E-state index contributed by atoms with van der Waals surface area (Å²) in [6, 6.07) is 2.97. The monoisotopic (exact) mass is 260 g/mol. The van der Waals surface area contributed by atoms with Crippen molar-refractivity contribution in [1.29, 1.82) is 0 Å². The smallest absolute Gasteiger partial charge is 0.138 e. The van der Waals surface area contributed by atoms with Crippen molar-refractivity contribution in [3.05, 3.63) is 24.0 Å². The van der Waals surface area contributed by atoms with Crippen molar-refractivity contribution in [1.82, 2.24) is 10.3 Å². The van der Waals surface area contributed by atoms with Crippen LogP contribution in [0, 0.1) is 5.92 Å². The predicted molar refractivity (Wildman–Crippen MR) is 76.5 cm³/mol. The molecule has 2 aliphatic rings. The molecule has 0 radical (unpaired) electrons. The van der Waals surface area contributed by atoms with E-state index < -0.39 is 0 Å². The fraction of sp³-hybridized carbons (Fsp3) is 0.688. The van der Waals surface area contributed by atoms with E-state index in [0.29, 0.717) is 5.92 Å². The van der Waals surface area contributed by atoms with Gasteiger partial charge < -0.3 is 10.1 Å². The van der Waals surface area contributed by atoms with Gasteiger partial charge in [0.15, 0.2) is 0 Å². The average molecular weight is 260 g/mol. The minimum Gasteiger partial charge on any atom is -0.489 e. The van der Waals surface area contributed by atoms with E-state index in [2.05, 4.69) is 30.2 Å². The van der Waals surface area contributed by atoms with Crippen molar-refractivity contribution in [3.8, 4) is 5.75 Å². The van der Waals surface area contributed by atoms with Crippen LogP contribution in [0.1, 0.15) is 51.0 Å². The lowest BCUT2D eigenvalue weighted by molar-refractivity contribution is 0.193. The van der Waals surface area contributed by atoms with Crippen LogP contribution in [-0.4, -0.2) is 23.7 Å². The first-order valence-corrected chi connectivity index (χ1v) is 7.57. The molecule has 3 nitrogen and oxygen atoms in total. The number of hydrogen-bond donors (Lipinski definition) is 1. The first-order valence-electron chi connectivity index (χ1n) is 7.57. The van der Waals surface area contributed by atoms with Crippen molar-refractivity contribution < 1.29 is 4.74 Å². The standard InChI is InChI=1S/C16H24N2O/c1-11(2)19-15-8-13(9-17-10-15)16-4-3-14-7-12(16)5-6-18-14/h8-12,14,16,18H,3-7H2,1-2H3. The Bertz CT molecular complexity index is 433. The van der Waals surface area contributed by atoms with Gasteiger partial charge in [-0.3, -0.25) is 4.98 Å². The normalized spacial score (nSPS) is 30.4. The van der Waals surface area contributed by atoms with Crippen molar-refractivity contribution >= 4 is 0 Å². The summed E-state index contributed by atoms with van der Waals surface area (Å²) in [4.78, 5) is 4.38. The van der Waals surface area contributed by atoms with Gasteiger partial charge in [-0.15, -0.1) is 0 Å². The molecule has 1 N–H and O–H groups in total. The molecule has 1 aliphatic heterocycles. The molecule has 2 heterocycles. The molecule has 3 atom stereocenters. The third kappa shape index (κ3) is 2.92. The summed E-state index contributed by atoms with van der Waals surface area (Å²) in [5.41, 5.74) is 1.38. The Hall–Kier alpha value is -1.09. The lowest BCUT2D eigenvalue weighted by atomic mass is 9.71. The van der Waals surface area contributed by atoms with Crippen LogP contribution in [0.3, 0.4) is 0 Å². The van der Waals surface area contributed by atoms with Gasteiger partial charge in [-0.05, 0) is 69.5 Å². The Balaban J connectivity index is 1.77. The predicted octanol–water partition coefficient (Wildman–Crippen LogP) is 3.11. The third-order valence-corrected chi connectivity index (χ3v) is 4.46. The second-order valence-electron chi connectivity index (χ2n) is 6.24. The Morgan fingerprint density at radius 1 is 1.26 bits per heavy atom. The second kappa shape index (κ2) is 5.49. The van der Waals surface area contributed by atoms with Gasteiger partial charge in [0, 0.05) is 12.2 Å². The Morgan fingerprint density at radius 3 is 3.00 bits per heavy atom. The lowest BCUT2D eigenvalue weighted by Crippen LogP contribution is -2.43. The largest absolute Gasteiger partial charge is 0.489 e. The molecular weight excluding hydrogens is 236 g/mol. The maximum Gasteiger partial charge on any atom is 0.138 e. The fourth-order valence-electron chi connectivity index (χ4n) is 3.66. The zero-order chi connectivity index (χ0) is 13.2. The lowest BCUT2D eigenvalue weighted by Gasteiger charge is -2.41. The highest BCUT2D eigenvalue weighted by Crippen LogP contribution is 2.41. The molecular formula is C16H24N2O. The molecule has 3 rings (SSSR count). The van der Waals surface area contributed by atoms with E-state index >= 15 is 0 Å². The van der Waals surface area contributed by atoms with E-state index in [1.54, 1.807) is 0 Å². The Morgan fingerprint density at radius 2 is 2.16 bits per heavy atom. The van der Waals surface area contributed by atoms with Crippen LogP contribution in [0.4, 0.5) is 0 Å². The maximum absolute atomic E-state index is 5.77. The molecule has 2 bridgehead atoms. The van der Waals surface area contributed by atoms with Crippen molar-refractivity contribution in [2.45, 2.75) is 57.6 Å². The molecule has 19 heavy (non-hydrogen) atoms. The molecule has 3 heteroatoms. The molecule has 1 saturated carbocycles. The summed E-state index contributed by atoms with van der Waals surface area (Å²) in [5, 5.41) is 3.62. The number of piperidine rings is 1. The number of nitrogens with one attached hydrogen (secondary N) is 1. The fourth-order valence-corrected chi connectivity index (χ4v) is 3.66.